The first-order chi connectivity index (χ1) is 11.7. The Hall–Kier alpha value is -1.93. The SMILES string of the molecule is Nc1nc(CCNC(=O)CCSc2ccc3c(c2)OCCO3)cs1. The maximum Gasteiger partial charge on any atom is 0.220 e. The highest BCUT2D eigenvalue weighted by Crippen LogP contribution is 2.34. The quantitative estimate of drug-likeness (QED) is 0.733. The number of fused-ring (bicyclic) bond motifs is 1. The molecule has 2 heterocycles. The second-order valence-electron chi connectivity index (χ2n) is 5.18. The number of hydrogen-bond acceptors (Lipinski definition) is 7. The molecule has 0 aliphatic carbocycles. The minimum atomic E-state index is 0.0447. The molecule has 0 saturated carbocycles. The van der Waals surface area contributed by atoms with Crippen LogP contribution in [0.4, 0.5) is 5.13 Å². The standard InChI is InChI=1S/C16H19N3O3S2/c17-16-19-11(10-24-16)3-5-18-15(20)4-8-23-12-1-2-13-14(9-12)22-7-6-21-13/h1-2,9-10H,3-8H2,(H2,17,19)(H,18,20). The lowest BCUT2D eigenvalue weighted by atomic mass is 10.3. The van der Waals surface area contributed by atoms with Gasteiger partial charge in [0.25, 0.3) is 0 Å². The highest BCUT2D eigenvalue weighted by atomic mass is 32.2. The van der Waals surface area contributed by atoms with Crippen molar-refractivity contribution in [2.45, 2.75) is 17.7 Å². The van der Waals surface area contributed by atoms with Gasteiger partial charge in [-0.05, 0) is 18.2 Å². The summed E-state index contributed by atoms with van der Waals surface area (Å²) in [6, 6.07) is 5.86. The first-order valence-electron chi connectivity index (χ1n) is 7.70. The van der Waals surface area contributed by atoms with Crippen molar-refractivity contribution >= 4 is 34.1 Å². The molecule has 0 bridgehead atoms. The zero-order valence-electron chi connectivity index (χ0n) is 13.1. The van der Waals surface area contributed by atoms with Crippen molar-refractivity contribution in [2.75, 3.05) is 31.2 Å². The maximum absolute atomic E-state index is 11.8. The molecule has 1 aliphatic rings. The molecule has 128 valence electrons. The van der Waals surface area contributed by atoms with E-state index in [-0.39, 0.29) is 5.91 Å². The van der Waals surface area contributed by atoms with Gasteiger partial charge in [-0.1, -0.05) is 0 Å². The number of nitrogens with two attached hydrogens (primary N) is 1. The average Bonchev–Trinajstić information content (AvgIpc) is 3.00. The first kappa shape index (κ1) is 16.9. The number of thiazole rings is 1. The number of anilines is 1. The van der Waals surface area contributed by atoms with Crippen molar-refractivity contribution in [3.63, 3.8) is 0 Å². The molecule has 0 unspecified atom stereocenters. The Morgan fingerprint density at radius 2 is 2.17 bits per heavy atom. The van der Waals surface area contributed by atoms with Crippen molar-refractivity contribution in [2.24, 2.45) is 0 Å². The van der Waals surface area contributed by atoms with Gasteiger partial charge in [0.1, 0.15) is 13.2 Å². The van der Waals surface area contributed by atoms with E-state index < -0.39 is 0 Å². The summed E-state index contributed by atoms with van der Waals surface area (Å²) in [6.45, 7) is 1.75. The fraction of sp³-hybridized carbons (Fsp3) is 0.375. The molecule has 0 radical (unpaired) electrons. The van der Waals surface area contributed by atoms with Gasteiger partial charge in [-0.2, -0.15) is 0 Å². The molecule has 1 aromatic carbocycles. The molecule has 3 rings (SSSR count). The van der Waals surface area contributed by atoms with Crippen molar-refractivity contribution < 1.29 is 14.3 Å². The van der Waals surface area contributed by atoms with Gasteiger partial charge in [-0.3, -0.25) is 4.79 Å². The van der Waals surface area contributed by atoms with Gasteiger partial charge in [-0.15, -0.1) is 23.1 Å². The van der Waals surface area contributed by atoms with Gasteiger partial charge in [0, 0.05) is 35.4 Å². The summed E-state index contributed by atoms with van der Waals surface area (Å²) in [5.41, 5.74) is 6.49. The van der Waals surface area contributed by atoms with Crippen LogP contribution in [0.3, 0.4) is 0 Å². The Morgan fingerprint density at radius 3 is 2.96 bits per heavy atom. The summed E-state index contributed by atoms with van der Waals surface area (Å²) < 4.78 is 11.0. The normalized spacial score (nSPS) is 12.8. The van der Waals surface area contributed by atoms with E-state index in [0.717, 1.165) is 27.8 Å². The van der Waals surface area contributed by atoms with E-state index in [1.165, 1.54) is 11.3 Å². The lowest BCUT2D eigenvalue weighted by Crippen LogP contribution is -2.25. The van der Waals surface area contributed by atoms with Gasteiger partial charge in [0.2, 0.25) is 5.91 Å². The Balaban J connectivity index is 1.36. The summed E-state index contributed by atoms with van der Waals surface area (Å²) in [6.07, 6.45) is 1.17. The summed E-state index contributed by atoms with van der Waals surface area (Å²) in [7, 11) is 0. The molecule has 2 aromatic rings. The predicted molar refractivity (Wildman–Crippen MR) is 96.0 cm³/mol. The summed E-state index contributed by atoms with van der Waals surface area (Å²) >= 11 is 3.05. The average molecular weight is 365 g/mol. The number of benzene rings is 1. The van der Waals surface area contributed by atoms with Crippen LogP contribution in [0.1, 0.15) is 12.1 Å². The van der Waals surface area contributed by atoms with Crippen LogP contribution >= 0.6 is 23.1 Å². The number of carbonyl (C=O) groups excluding carboxylic acids is 1. The molecule has 8 heteroatoms. The minimum Gasteiger partial charge on any atom is -0.486 e. The molecule has 3 N–H and O–H groups in total. The molecule has 1 amide bonds. The second kappa shape index (κ2) is 8.25. The van der Waals surface area contributed by atoms with Crippen molar-refractivity contribution in [1.29, 1.82) is 0 Å². The first-order valence-corrected chi connectivity index (χ1v) is 9.56. The van der Waals surface area contributed by atoms with Crippen LogP contribution in [-0.4, -0.2) is 36.4 Å². The molecule has 1 aliphatic heterocycles. The van der Waals surface area contributed by atoms with E-state index >= 15 is 0 Å². The van der Waals surface area contributed by atoms with Crippen LogP contribution in [-0.2, 0) is 11.2 Å². The number of nitrogen functional groups attached to an aromatic ring is 1. The van der Waals surface area contributed by atoms with E-state index in [1.54, 1.807) is 11.8 Å². The van der Waals surface area contributed by atoms with Crippen LogP contribution < -0.4 is 20.5 Å². The maximum atomic E-state index is 11.8. The molecule has 0 spiro atoms. The van der Waals surface area contributed by atoms with E-state index in [0.29, 0.717) is 37.7 Å². The van der Waals surface area contributed by atoms with E-state index in [4.69, 9.17) is 15.2 Å². The predicted octanol–water partition coefficient (Wildman–Crippen LogP) is 2.34. The number of rotatable bonds is 7. The van der Waals surface area contributed by atoms with Crippen LogP contribution in [0.5, 0.6) is 11.5 Å². The largest absolute Gasteiger partial charge is 0.486 e. The number of thioether (sulfide) groups is 1. The zero-order valence-corrected chi connectivity index (χ0v) is 14.8. The highest BCUT2D eigenvalue weighted by Gasteiger charge is 2.12. The monoisotopic (exact) mass is 365 g/mol. The van der Waals surface area contributed by atoms with Gasteiger partial charge in [-0.25, -0.2) is 4.98 Å². The van der Waals surface area contributed by atoms with Crippen LogP contribution in [0, 0.1) is 0 Å². The smallest absolute Gasteiger partial charge is 0.220 e. The highest BCUT2D eigenvalue weighted by molar-refractivity contribution is 7.99. The van der Waals surface area contributed by atoms with E-state index in [2.05, 4.69) is 10.3 Å². The number of nitrogens with zero attached hydrogens (tertiary/aromatic N) is 1. The molecule has 0 saturated heterocycles. The summed E-state index contributed by atoms with van der Waals surface area (Å²) in [5, 5.41) is 5.38. The third-order valence-electron chi connectivity index (χ3n) is 3.38. The summed E-state index contributed by atoms with van der Waals surface area (Å²) in [4.78, 5) is 17.1. The van der Waals surface area contributed by atoms with E-state index in [9.17, 15) is 4.79 Å². The van der Waals surface area contributed by atoms with Crippen LogP contribution in [0.25, 0.3) is 0 Å². The Labute approximate surface area is 148 Å². The molecule has 24 heavy (non-hydrogen) atoms. The molecule has 0 atom stereocenters. The van der Waals surface area contributed by atoms with Gasteiger partial charge in [0.05, 0.1) is 5.69 Å². The number of ether oxygens (including phenoxy) is 2. The minimum absolute atomic E-state index is 0.0447. The van der Waals surface area contributed by atoms with Gasteiger partial charge < -0.3 is 20.5 Å². The number of carbonyl (C=O) groups is 1. The number of hydrogen-bond donors (Lipinski definition) is 2. The number of nitrogens with one attached hydrogen (secondary N) is 1. The molecular weight excluding hydrogens is 346 g/mol. The Bertz CT molecular complexity index is 706. The van der Waals surface area contributed by atoms with Gasteiger partial charge >= 0.3 is 0 Å². The molecule has 1 aromatic heterocycles. The fourth-order valence-corrected chi connectivity index (χ4v) is 3.71. The van der Waals surface area contributed by atoms with Crippen molar-refractivity contribution in [3.8, 4) is 11.5 Å². The molecular formula is C16H19N3O3S2. The lowest BCUT2D eigenvalue weighted by Gasteiger charge is -2.18. The van der Waals surface area contributed by atoms with Crippen LogP contribution in [0.2, 0.25) is 0 Å². The molecule has 0 fully saturated rings. The van der Waals surface area contributed by atoms with Crippen molar-refractivity contribution in [3.05, 3.63) is 29.3 Å². The fourth-order valence-electron chi connectivity index (χ4n) is 2.23. The van der Waals surface area contributed by atoms with E-state index in [1.807, 2.05) is 23.6 Å². The zero-order chi connectivity index (χ0) is 16.8. The van der Waals surface area contributed by atoms with Gasteiger partial charge in [0.15, 0.2) is 16.6 Å². The van der Waals surface area contributed by atoms with Crippen molar-refractivity contribution in [1.82, 2.24) is 10.3 Å². The summed E-state index contributed by atoms with van der Waals surface area (Å²) in [5.74, 6) is 2.32. The number of aromatic nitrogens is 1. The molecule has 6 nitrogen and oxygen atoms in total. The third kappa shape index (κ3) is 4.78. The topological polar surface area (TPSA) is 86.5 Å². The van der Waals surface area contributed by atoms with Crippen LogP contribution in [0.15, 0.2) is 28.5 Å². The lowest BCUT2D eigenvalue weighted by molar-refractivity contribution is -0.120. The second-order valence-corrected chi connectivity index (χ2v) is 7.24. The Morgan fingerprint density at radius 1 is 1.33 bits per heavy atom. The third-order valence-corrected chi connectivity index (χ3v) is 5.10. The number of amides is 1. The Kier molecular flexibility index (Phi) is 5.81.